The van der Waals surface area contributed by atoms with Crippen LogP contribution in [0.5, 0.6) is 0 Å². The van der Waals surface area contributed by atoms with Crippen molar-refractivity contribution < 1.29 is 8.42 Å². The van der Waals surface area contributed by atoms with Gasteiger partial charge < -0.3 is 5.32 Å². The van der Waals surface area contributed by atoms with E-state index in [0.29, 0.717) is 5.92 Å². The fourth-order valence-corrected chi connectivity index (χ4v) is 4.08. The molecule has 1 N–H and O–H groups in total. The van der Waals surface area contributed by atoms with Crippen molar-refractivity contribution in [3.05, 3.63) is 11.9 Å². The molecule has 1 saturated carbocycles. The Morgan fingerprint density at radius 2 is 2.00 bits per heavy atom. The van der Waals surface area contributed by atoms with Crippen molar-refractivity contribution in [3.63, 3.8) is 0 Å². The normalized spacial score (nSPS) is 18.6. The molecule has 1 aliphatic rings. The lowest BCUT2D eigenvalue weighted by molar-refractivity contribution is 0.434. The van der Waals surface area contributed by atoms with E-state index in [4.69, 9.17) is 0 Å². The molecule has 0 radical (unpaired) electrons. The molecule has 0 spiro atoms. The highest BCUT2D eigenvalue weighted by molar-refractivity contribution is 7.89. The summed E-state index contributed by atoms with van der Waals surface area (Å²) in [6.45, 7) is 1.90. The van der Waals surface area contributed by atoms with Gasteiger partial charge in [-0.3, -0.25) is 4.68 Å². The van der Waals surface area contributed by atoms with E-state index < -0.39 is 10.0 Å². The van der Waals surface area contributed by atoms with Crippen LogP contribution in [0.4, 0.5) is 5.69 Å². The molecule has 1 atom stereocenters. The van der Waals surface area contributed by atoms with E-state index in [1.54, 1.807) is 14.1 Å². The fourth-order valence-electron chi connectivity index (χ4n) is 3.07. The third kappa shape index (κ3) is 4.23. The first kappa shape index (κ1) is 17.3. The van der Waals surface area contributed by atoms with Gasteiger partial charge in [0.25, 0.3) is 0 Å². The molecule has 1 fully saturated rings. The molecule has 1 aromatic rings. The molecule has 0 aliphatic heterocycles. The van der Waals surface area contributed by atoms with Gasteiger partial charge in [0.05, 0.1) is 17.1 Å². The summed E-state index contributed by atoms with van der Waals surface area (Å²) in [5.41, 5.74) is 2.08. The Morgan fingerprint density at radius 3 is 2.59 bits per heavy atom. The quantitative estimate of drug-likeness (QED) is 0.869. The fraction of sp³-hybridized carbons (Fsp3) is 0.800. The third-order valence-corrected chi connectivity index (χ3v) is 6.30. The Balaban J connectivity index is 2.09. The Kier molecular flexibility index (Phi) is 5.50. The summed E-state index contributed by atoms with van der Waals surface area (Å²) in [5, 5.41) is 7.96. The van der Waals surface area contributed by atoms with Crippen LogP contribution >= 0.6 is 0 Å². The second-order valence-corrected chi connectivity index (χ2v) is 8.77. The molecule has 1 aliphatic carbocycles. The molecule has 0 amide bonds. The molecular weight excluding hydrogens is 300 g/mol. The van der Waals surface area contributed by atoms with Gasteiger partial charge >= 0.3 is 0 Å². The lowest BCUT2D eigenvalue weighted by atomic mass is 9.86. The van der Waals surface area contributed by atoms with E-state index in [1.807, 2.05) is 24.9 Å². The molecule has 126 valence electrons. The molecule has 6 nitrogen and oxygen atoms in total. The van der Waals surface area contributed by atoms with Crippen molar-refractivity contribution in [2.45, 2.75) is 51.0 Å². The van der Waals surface area contributed by atoms with Crippen LogP contribution in [0, 0.1) is 0 Å². The van der Waals surface area contributed by atoms with Crippen molar-refractivity contribution in [2.24, 2.45) is 7.05 Å². The number of aromatic nitrogens is 2. The summed E-state index contributed by atoms with van der Waals surface area (Å²) in [6, 6.07) is -0.154. The highest BCUT2D eigenvalue weighted by atomic mass is 32.2. The zero-order valence-corrected chi connectivity index (χ0v) is 14.9. The van der Waals surface area contributed by atoms with Crippen LogP contribution in [-0.4, -0.2) is 48.4 Å². The summed E-state index contributed by atoms with van der Waals surface area (Å²) >= 11 is 0. The first-order valence-electron chi connectivity index (χ1n) is 8.00. The van der Waals surface area contributed by atoms with E-state index >= 15 is 0 Å². The Morgan fingerprint density at radius 1 is 1.36 bits per heavy atom. The van der Waals surface area contributed by atoms with Gasteiger partial charge in [0.15, 0.2) is 0 Å². The second kappa shape index (κ2) is 7.00. The van der Waals surface area contributed by atoms with Gasteiger partial charge in [-0.1, -0.05) is 19.3 Å². The van der Waals surface area contributed by atoms with Crippen LogP contribution in [0.2, 0.25) is 0 Å². The minimum absolute atomic E-state index is 0.0823. The maximum absolute atomic E-state index is 12.0. The van der Waals surface area contributed by atoms with Crippen molar-refractivity contribution >= 4 is 15.7 Å². The molecule has 22 heavy (non-hydrogen) atoms. The summed E-state index contributed by atoms with van der Waals surface area (Å²) in [6.07, 6.45) is 8.13. The number of hydrogen-bond acceptors (Lipinski definition) is 4. The molecule has 0 aromatic carbocycles. The molecule has 0 saturated heterocycles. The van der Waals surface area contributed by atoms with Crippen LogP contribution < -0.4 is 5.32 Å². The Bertz CT molecular complexity index is 589. The number of aryl methyl sites for hydroxylation is 1. The third-order valence-electron chi connectivity index (χ3n) is 4.27. The van der Waals surface area contributed by atoms with Crippen molar-refractivity contribution in [1.82, 2.24) is 14.1 Å². The zero-order chi connectivity index (χ0) is 16.3. The van der Waals surface area contributed by atoms with Crippen molar-refractivity contribution in [1.29, 1.82) is 0 Å². The van der Waals surface area contributed by atoms with Gasteiger partial charge in [0.1, 0.15) is 0 Å². The smallest absolute Gasteiger partial charge is 0.215 e. The number of hydrogen-bond donors (Lipinski definition) is 1. The molecule has 1 unspecified atom stereocenters. The summed E-state index contributed by atoms with van der Waals surface area (Å²) < 4.78 is 27.1. The minimum atomic E-state index is -3.20. The lowest BCUT2D eigenvalue weighted by Crippen LogP contribution is -2.33. The molecule has 1 aromatic heterocycles. The van der Waals surface area contributed by atoms with Gasteiger partial charge in [0, 0.05) is 39.3 Å². The van der Waals surface area contributed by atoms with E-state index in [2.05, 4.69) is 10.4 Å². The Hall–Kier alpha value is -1.08. The molecule has 1 heterocycles. The first-order valence-corrected chi connectivity index (χ1v) is 9.61. The van der Waals surface area contributed by atoms with E-state index in [-0.39, 0.29) is 11.8 Å². The number of rotatable bonds is 6. The first-order chi connectivity index (χ1) is 10.3. The maximum atomic E-state index is 12.0. The monoisotopic (exact) mass is 328 g/mol. The average molecular weight is 328 g/mol. The van der Waals surface area contributed by atoms with Gasteiger partial charge in [-0.05, 0) is 19.8 Å². The van der Waals surface area contributed by atoms with Gasteiger partial charge in [-0.25, -0.2) is 12.7 Å². The van der Waals surface area contributed by atoms with Gasteiger partial charge in [-0.15, -0.1) is 0 Å². The van der Waals surface area contributed by atoms with Crippen molar-refractivity contribution in [2.75, 3.05) is 25.2 Å². The second-order valence-electron chi connectivity index (χ2n) is 6.54. The largest absolute Gasteiger partial charge is 0.379 e. The standard InChI is InChI=1S/C15H28N4O2S/c1-12(11-22(20,21)18(2)3)16-14-10-19(4)17-15(14)13-8-6-5-7-9-13/h10,12-13,16H,5-9,11H2,1-4H3. The highest BCUT2D eigenvalue weighted by Crippen LogP contribution is 2.35. The lowest BCUT2D eigenvalue weighted by Gasteiger charge is -2.23. The molecule has 2 rings (SSSR count). The van der Waals surface area contributed by atoms with Crippen LogP contribution in [0.15, 0.2) is 6.20 Å². The van der Waals surface area contributed by atoms with Gasteiger partial charge in [-0.2, -0.15) is 5.10 Å². The predicted molar refractivity (Wildman–Crippen MR) is 89.6 cm³/mol. The van der Waals surface area contributed by atoms with E-state index in [9.17, 15) is 8.42 Å². The average Bonchev–Trinajstić information content (AvgIpc) is 2.79. The minimum Gasteiger partial charge on any atom is -0.379 e. The molecular formula is C15H28N4O2S. The molecule has 0 bridgehead atoms. The number of sulfonamides is 1. The number of anilines is 1. The predicted octanol–water partition coefficient (Wildman–Crippen LogP) is 2.16. The number of nitrogens with one attached hydrogen (secondary N) is 1. The summed E-state index contributed by atoms with van der Waals surface area (Å²) in [5.74, 6) is 0.578. The van der Waals surface area contributed by atoms with E-state index in [0.717, 1.165) is 11.4 Å². The maximum Gasteiger partial charge on any atom is 0.215 e. The number of nitrogens with zero attached hydrogens (tertiary/aromatic N) is 3. The van der Waals surface area contributed by atoms with Crippen LogP contribution in [0.3, 0.4) is 0 Å². The molecule has 7 heteroatoms. The summed E-state index contributed by atoms with van der Waals surface area (Å²) in [7, 11) is 1.85. The van der Waals surface area contributed by atoms with Crippen molar-refractivity contribution in [3.8, 4) is 0 Å². The van der Waals surface area contributed by atoms with E-state index in [1.165, 1.54) is 36.4 Å². The van der Waals surface area contributed by atoms with Crippen LogP contribution in [0.25, 0.3) is 0 Å². The topological polar surface area (TPSA) is 67.2 Å². The van der Waals surface area contributed by atoms with Gasteiger partial charge in [0.2, 0.25) is 10.0 Å². The van der Waals surface area contributed by atoms with Crippen LogP contribution in [-0.2, 0) is 17.1 Å². The highest BCUT2D eigenvalue weighted by Gasteiger charge is 2.24. The SMILES string of the molecule is CC(CS(=O)(=O)N(C)C)Nc1cn(C)nc1C1CCCCC1. The zero-order valence-electron chi connectivity index (χ0n) is 14.0. The summed E-state index contributed by atoms with van der Waals surface area (Å²) in [4.78, 5) is 0. The van der Waals surface area contributed by atoms with Crippen LogP contribution in [0.1, 0.15) is 50.6 Å². The Labute approximate surface area is 133 Å².